The van der Waals surface area contributed by atoms with Gasteiger partial charge in [0.2, 0.25) is 8.32 Å². The first-order valence-electron chi connectivity index (χ1n) is 7.41. The van der Waals surface area contributed by atoms with Crippen molar-refractivity contribution in [1.29, 1.82) is 0 Å². The molecule has 0 spiro atoms. The van der Waals surface area contributed by atoms with Crippen molar-refractivity contribution in [2.24, 2.45) is 5.92 Å². The van der Waals surface area contributed by atoms with Gasteiger partial charge in [0.25, 0.3) is 0 Å². The zero-order valence-electron chi connectivity index (χ0n) is 13.0. The van der Waals surface area contributed by atoms with Crippen LogP contribution in [0.4, 0.5) is 0 Å². The normalized spacial score (nSPS) is 20.7. The number of rotatable bonds is 8. The van der Waals surface area contributed by atoms with E-state index >= 15 is 0 Å². The third-order valence-electron chi connectivity index (χ3n) is 4.16. The number of hydrogen-bond acceptors (Lipinski definition) is 4. The molecule has 1 fully saturated rings. The van der Waals surface area contributed by atoms with Gasteiger partial charge in [-0.25, -0.2) is 4.89 Å². The van der Waals surface area contributed by atoms with Gasteiger partial charge in [-0.05, 0) is 44.8 Å². The minimum absolute atomic E-state index is 0.0421. The average molecular weight is 288 g/mol. The molecule has 0 aromatic rings. The molecule has 0 saturated carbocycles. The summed E-state index contributed by atoms with van der Waals surface area (Å²) < 4.78 is 10.9. The molecular weight excluding hydrogens is 260 g/mol. The second-order valence-electron chi connectivity index (χ2n) is 6.03. The van der Waals surface area contributed by atoms with Gasteiger partial charge in [-0.2, -0.15) is 0 Å². The average Bonchev–Trinajstić information content (AvgIpc) is 2.77. The van der Waals surface area contributed by atoms with Gasteiger partial charge in [0.15, 0.2) is 0 Å². The predicted octanol–water partition coefficient (Wildman–Crippen LogP) is 3.67. The molecule has 0 N–H and O–H groups in total. The van der Waals surface area contributed by atoms with E-state index in [-0.39, 0.29) is 11.9 Å². The third-order valence-corrected chi connectivity index (χ3v) is 8.46. The van der Waals surface area contributed by atoms with Crippen LogP contribution in [-0.2, 0) is 19.0 Å². The van der Waals surface area contributed by atoms with Crippen LogP contribution in [0.3, 0.4) is 0 Å². The Morgan fingerprint density at radius 3 is 2.26 bits per heavy atom. The molecule has 4 nitrogen and oxygen atoms in total. The molecular formula is C14H28O4Si. The Morgan fingerprint density at radius 2 is 1.84 bits per heavy atom. The molecule has 1 unspecified atom stereocenters. The molecule has 0 aromatic carbocycles. The standard InChI is InChI=1S/C14H28O4Si/c1-6-19(7-2,8-3)18-17-14(4,5)11-12-9-10-16-13(12)15/h12H,6-11H2,1-5H3. The second kappa shape index (κ2) is 6.86. The maximum absolute atomic E-state index is 11.5. The topological polar surface area (TPSA) is 44.8 Å². The Labute approximate surface area is 117 Å². The lowest BCUT2D eigenvalue weighted by Gasteiger charge is -2.33. The van der Waals surface area contributed by atoms with E-state index in [9.17, 15) is 4.79 Å². The van der Waals surface area contributed by atoms with Crippen LogP contribution < -0.4 is 0 Å². The molecule has 0 aromatic heterocycles. The molecule has 1 heterocycles. The first kappa shape index (κ1) is 16.7. The molecule has 19 heavy (non-hydrogen) atoms. The van der Waals surface area contributed by atoms with Crippen molar-refractivity contribution in [3.8, 4) is 0 Å². The van der Waals surface area contributed by atoms with Crippen molar-refractivity contribution in [1.82, 2.24) is 0 Å². The van der Waals surface area contributed by atoms with Crippen LogP contribution >= 0.6 is 0 Å². The summed E-state index contributed by atoms with van der Waals surface area (Å²) in [5.74, 6) is -0.138. The van der Waals surface area contributed by atoms with E-state index in [0.717, 1.165) is 24.6 Å². The number of hydrogen-bond donors (Lipinski definition) is 0. The SMILES string of the molecule is CC[Si](CC)(CC)OOC(C)(C)CC1CCOC1=O. The summed E-state index contributed by atoms with van der Waals surface area (Å²) in [6.45, 7) is 11.0. The Kier molecular flexibility index (Phi) is 6.01. The van der Waals surface area contributed by atoms with Crippen LogP contribution in [0.2, 0.25) is 18.1 Å². The molecule has 112 valence electrons. The van der Waals surface area contributed by atoms with Gasteiger partial charge in [0, 0.05) is 0 Å². The van der Waals surface area contributed by atoms with Crippen LogP contribution in [-0.4, -0.2) is 26.5 Å². The van der Waals surface area contributed by atoms with Crippen molar-refractivity contribution in [2.45, 2.75) is 71.2 Å². The first-order chi connectivity index (χ1) is 8.88. The summed E-state index contributed by atoms with van der Waals surface area (Å²) >= 11 is 0. The number of esters is 1. The van der Waals surface area contributed by atoms with Gasteiger partial charge in [-0.3, -0.25) is 9.37 Å². The summed E-state index contributed by atoms with van der Waals surface area (Å²) in [5, 5.41) is 0. The van der Waals surface area contributed by atoms with Crippen LogP contribution in [0.5, 0.6) is 0 Å². The molecule has 1 aliphatic heterocycles. The summed E-state index contributed by atoms with van der Waals surface area (Å²) in [4.78, 5) is 17.2. The lowest BCUT2D eigenvalue weighted by Crippen LogP contribution is -2.40. The second-order valence-corrected chi connectivity index (χ2v) is 10.7. The van der Waals surface area contributed by atoms with E-state index in [4.69, 9.17) is 14.2 Å². The van der Waals surface area contributed by atoms with E-state index in [0.29, 0.717) is 13.0 Å². The summed E-state index contributed by atoms with van der Waals surface area (Å²) in [6, 6.07) is 3.17. The predicted molar refractivity (Wildman–Crippen MR) is 77.1 cm³/mol. The lowest BCUT2D eigenvalue weighted by molar-refractivity contribution is -0.296. The smallest absolute Gasteiger partial charge is 0.309 e. The van der Waals surface area contributed by atoms with E-state index in [1.54, 1.807) is 0 Å². The van der Waals surface area contributed by atoms with Gasteiger partial charge in [0.1, 0.15) is 0 Å². The maximum Gasteiger partial charge on any atom is 0.309 e. The molecule has 5 heteroatoms. The Morgan fingerprint density at radius 1 is 1.26 bits per heavy atom. The van der Waals surface area contributed by atoms with Crippen molar-refractivity contribution < 1.29 is 19.0 Å². The minimum Gasteiger partial charge on any atom is -0.465 e. The fourth-order valence-electron chi connectivity index (χ4n) is 2.48. The Hall–Kier alpha value is -0.393. The highest BCUT2D eigenvalue weighted by Gasteiger charge is 2.37. The number of ether oxygens (including phenoxy) is 1. The van der Waals surface area contributed by atoms with Crippen molar-refractivity contribution in [3.63, 3.8) is 0 Å². The minimum atomic E-state index is -1.74. The van der Waals surface area contributed by atoms with Gasteiger partial charge in [-0.15, -0.1) is 0 Å². The first-order valence-corrected chi connectivity index (χ1v) is 9.94. The molecule has 0 radical (unpaired) electrons. The van der Waals surface area contributed by atoms with Crippen LogP contribution in [0.1, 0.15) is 47.5 Å². The van der Waals surface area contributed by atoms with Crippen LogP contribution in [0.15, 0.2) is 0 Å². The monoisotopic (exact) mass is 288 g/mol. The molecule has 0 amide bonds. The van der Waals surface area contributed by atoms with Gasteiger partial charge in [0.05, 0.1) is 18.1 Å². The van der Waals surface area contributed by atoms with Crippen LogP contribution in [0, 0.1) is 5.92 Å². The Balaban J connectivity index is 2.51. The largest absolute Gasteiger partial charge is 0.465 e. The van der Waals surface area contributed by atoms with Gasteiger partial charge < -0.3 is 4.74 Å². The van der Waals surface area contributed by atoms with E-state index in [1.807, 2.05) is 13.8 Å². The van der Waals surface area contributed by atoms with Crippen molar-refractivity contribution in [2.75, 3.05) is 6.61 Å². The fourth-order valence-corrected chi connectivity index (χ4v) is 4.73. The molecule has 1 saturated heterocycles. The van der Waals surface area contributed by atoms with E-state index in [2.05, 4.69) is 20.8 Å². The highest BCUT2D eigenvalue weighted by Crippen LogP contribution is 2.30. The van der Waals surface area contributed by atoms with Crippen molar-refractivity contribution >= 4 is 14.3 Å². The zero-order valence-corrected chi connectivity index (χ0v) is 14.0. The highest BCUT2D eigenvalue weighted by molar-refractivity contribution is 6.73. The van der Waals surface area contributed by atoms with E-state index in [1.165, 1.54) is 0 Å². The van der Waals surface area contributed by atoms with E-state index < -0.39 is 13.9 Å². The molecule has 0 bridgehead atoms. The summed E-state index contributed by atoms with van der Waals surface area (Å²) in [6.07, 6.45) is 1.46. The van der Waals surface area contributed by atoms with Gasteiger partial charge in [-0.1, -0.05) is 20.8 Å². The Bertz CT molecular complexity index is 292. The molecule has 0 aliphatic carbocycles. The summed E-state index contributed by atoms with van der Waals surface area (Å²) in [5.41, 5.74) is -0.439. The number of carbonyl (C=O) groups is 1. The number of carbonyl (C=O) groups excluding carboxylic acids is 1. The van der Waals surface area contributed by atoms with Crippen molar-refractivity contribution in [3.05, 3.63) is 0 Å². The third kappa shape index (κ3) is 4.58. The summed E-state index contributed by atoms with van der Waals surface area (Å²) in [7, 11) is -1.74. The van der Waals surface area contributed by atoms with Crippen LogP contribution in [0.25, 0.3) is 0 Å². The highest BCUT2D eigenvalue weighted by atomic mass is 28.4. The molecule has 1 atom stereocenters. The lowest BCUT2D eigenvalue weighted by atomic mass is 9.93. The van der Waals surface area contributed by atoms with Gasteiger partial charge >= 0.3 is 5.97 Å². The maximum atomic E-state index is 11.5. The molecule has 1 aliphatic rings. The number of cyclic esters (lactones) is 1. The zero-order chi connectivity index (χ0) is 14.5. The quantitative estimate of drug-likeness (QED) is 0.296. The fraction of sp³-hybridized carbons (Fsp3) is 0.929. The molecule has 1 rings (SSSR count).